The number of anilines is 1. The van der Waals surface area contributed by atoms with Crippen LogP contribution in [0.4, 0.5) is 5.69 Å². The maximum Gasteiger partial charge on any atom is 0.276 e. The van der Waals surface area contributed by atoms with E-state index in [9.17, 15) is 9.59 Å². The van der Waals surface area contributed by atoms with Crippen molar-refractivity contribution >= 4 is 49.4 Å². The maximum absolute atomic E-state index is 12.6. The topological polar surface area (TPSA) is 70.7 Å². The van der Waals surface area contributed by atoms with Gasteiger partial charge >= 0.3 is 0 Å². The van der Waals surface area contributed by atoms with Gasteiger partial charge in [-0.05, 0) is 49.4 Å². The molecule has 130 valence electrons. The lowest BCUT2D eigenvalue weighted by Crippen LogP contribution is -2.57. The quantitative estimate of drug-likeness (QED) is 0.720. The van der Waals surface area contributed by atoms with Crippen LogP contribution in [0.3, 0.4) is 0 Å². The zero-order valence-corrected chi connectivity index (χ0v) is 16.4. The first-order valence-corrected chi connectivity index (χ1v) is 9.10. The number of hydrogen-bond acceptors (Lipinski definition) is 4. The van der Waals surface area contributed by atoms with Crippen molar-refractivity contribution in [3.8, 4) is 5.75 Å². The molecule has 2 amide bonds. The Balaban J connectivity index is 1.64. The molecule has 6 nitrogen and oxygen atoms in total. The first-order chi connectivity index (χ1) is 11.9. The van der Waals surface area contributed by atoms with Gasteiger partial charge in [0.15, 0.2) is 6.61 Å². The fourth-order valence-electron chi connectivity index (χ4n) is 2.41. The van der Waals surface area contributed by atoms with Gasteiger partial charge in [0.25, 0.3) is 11.8 Å². The molecule has 1 heterocycles. The lowest BCUT2D eigenvalue weighted by atomic mass is 10.1. The van der Waals surface area contributed by atoms with Crippen LogP contribution in [0.15, 0.2) is 51.4 Å². The van der Waals surface area contributed by atoms with Gasteiger partial charge in [0.1, 0.15) is 11.9 Å². The Hall–Kier alpha value is -2.06. The molecule has 3 rings (SSSR count). The summed E-state index contributed by atoms with van der Waals surface area (Å²) in [5.41, 5.74) is 3.81. The highest BCUT2D eigenvalue weighted by atomic mass is 79.9. The number of carbonyl (C=O) groups is 2. The summed E-state index contributed by atoms with van der Waals surface area (Å²) in [6, 6.07) is 12.5. The third-order valence-electron chi connectivity index (χ3n) is 3.61. The summed E-state index contributed by atoms with van der Waals surface area (Å²) in [7, 11) is 0. The van der Waals surface area contributed by atoms with Crippen LogP contribution < -0.4 is 15.5 Å². The molecule has 0 aromatic heterocycles. The van der Waals surface area contributed by atoms with Crippen LogP contribution in [-0.4, -0.2) is 29.6 Å². The minimum Gasteiger partial charge on any atom is -0.484 e. The monoisotopic (exact) mass is 467 g/mol. The van der Waals surface area contributed by atoms with Gasteiger partial charge in [-0.1, -0.05) is 31.9 Å². The molecule has 1 unspecified atom stereocenters. The fraction of sp³-hybridized carbons (Fsp3) is 0.176. The van der Waals surface area contributed by atoms with Crippen LogP contribution in [0.25, 0.3) is 0 Å². The van der Waals surface area contributed by atoms with Crippen molar-refractivity contribution in [2.24, 2.45) is 0 Å². The van der Waals surface area contributed by atoms with Crippen LogP contribution in [0.2, 0.25) is 0 Å². The number of fused-ring (bicyclic) bond motifs is 1. The molecule has 2 aromatic rings. The molecule has 0 bridgehead atoms. The Morgan fingerprint density at radius 2 is 1.88 bits per heavy atom. The van der Waals surface area contributed by atoms with Crippen molar-refractivity contribution < 1.29 is 14.3 Å². The highest BCUT2D eigenvalue weighted by Crippen LogP contribution is 2.27. The molecule has 1 atom stereocenters. The first-order valence-electron chi connectivity index (χ1n) is 7.51. The van der Waals surface area contributed by atoms with Crippen LogP contribution in [-0.2, 0) is 4.79 Å². The number of benzene rings is 2. The largest absolute Gasteiger partial charge is 0.484 e. The normalized spacial score (nSPS) is 16.0. The summed E-state index contributed by atoms with van der Waals surface area (Å²) in [6.07, 6.45) is -0.377. The molecule has 2 N–H and O–H groups in total. The Kier molecular flexibility index (Phi) is 5.29. The second-order valence-corrected chi connectivity index (χ2v) is 7.29. The number of ether oxygens (including phenoxy) is 1. The maximum atomic E-state index is 12.6. The summed E-state index contributed by atoms with van der Waals surface area (Å²) in [6.45, 7) is 1.60. The van der Waals surface area contributed by atoms with Crippen molar-refractivity contribution in [1.29, 1.82) is 0 Å². The minimum absolute atomic E-state index is 0.191. The zero-order chi connectivity index (χ0) is 18.0. The molecule has 8 heteroatoms. The minimum atomic E-state index is -0.414. The standard InChI is InChI=1S/C17H15Br2N3O3/c1-10-20-15-7-4-12(19)8-14(15)17(24)22(10)21-16(23)9-25-13-5-2-11(18)3-6-13/h2-8,10,20H,9H2,1H3,(H,21,23). The van der Waals surface area contributed by atoms with E-state index >= 15 is 0 Å². The van der Waals surface area contributed by atoms with E-state index in [1.165, 1.54) is 5.01 Å². The van der Waals surface area contributed by atoms with Crippen molar-refractivity contribution in [2.45, 2.75) is 13.1 Å². The van der Waals surface area contributed by atoms with E-state index in [0.717, 1.165) is 14.6 Å². The third kappa shape index (κ3) is 4.13. The first kappa shape index (κ1) is 17.8. The van der Waals surface area contributed by atoms with Gasteiger partial charge in [-0.25, -0.2) is 5.01 Å². The van der Waals surface area contributed by atoms with Gasteiger partial charge < -0.3 is 10.1 Å². The molecule has 0 radical (unpaired) electrons. The van der Waals surface area contributed by atoms with Crippen LogP contribution in [0.1, 0.15) is 17.3 Å². The predicted octanol–water partition coefficient (Wildman–Crippen LogP) is 3.54. The van der Waals surface area contributed by atoms with Crippen LogP contribution in [0, 0.1) is 0 Å². The van der Waals surface area contributed by atoms with Gasteiger partial charge in [0.2, 0.25) is 0 Å². The van der Waals surface area contributed by atoms with E-state index in [1.54, 1.807) is 25.1 Å². The summed E-state index contributed by atoms with van der Waals surface area (Å²) >= 11 is 6.68. The number of nitrogens with one attached hydrogen (secondary N) is 2. The molecular weight excluding hydrogens is 454 g/mol. The molecule has 0 saturated heterocycles. The van der Waals surface area contributed by atoms with E-state index in [2.05, 4.69) is 42.6 Å². The summed E-state index contributed by atoms with van der Waals surface area (Å²) in [5, 5.41) is 4.44. The Morgan fingerprint density at radius 3 is 2.60 bits per heavy atom. The van der Waals surface area contributed by atoms with Crippen molar-refractivity contribution in [2.75, 3.05) is 11.9 Å². The van der Waals surface area contributed by atoms with Crippen molar-refractivity contribution in [3.05, 3.63) is 57.0 Å². The summed E-state index contributed by atoms with van der Waals surface area (Å²) in [4.78, 5) is 24.8. The molecule has 2 aromatic carbocycles. The highest BCUT2D eigenvalue weighted by Gasteiger charge is 2.30. The predicted molar refractivity (Wildman–Crippen MR) is 101 cm³/mol. The van der Waals surface area contributed by atoms with Gasteiger partial charge in [-0.3, -0.25) is 15.0 Å². The van der Waals surface area contributed by atoms with Crippen molar-refractivity contribution in [1.82, 2.24) is 10.4 Å². The molecule has 0 spiro atoms. The Bertz CT molecular complexity index is 811. The fourth-order valence-corrected chi connectivity index (χ4v) is 3.03. The average Bonchev–Trinajstić information content (AvgIpc) is 2.59. The number of halogens is 2. The molecule has 0 saturated carbocycles. The number of amides is 2. The molecule has 0 aliphatic carbocycles. The van der Waals surface area contributed by atoms with E-state index in [0.29, 0.717) is 11.3 Å². The summed E-state index contributed by atoms with van der Waals surface area (Å²) < 4.78 is 7.14. The van der Waals surface area contributed by atoms with Gasteiger partial charge in [0, 0.05) is 14.6 Å². The molecule has 0 fully saturated rings. The molecular formula is C17H15Br2N3O3. The lowest BCUT2D eigenvalue weighted by Gasteiger charge is -2.35. The third-order valence-corrected chi connectivity index (χ3v) is 4.63. The second kappa shape index (κ2) is 7.45. The SMILES string of the molecule is CC1Nc2ccc(Br)cc2C(=O)N1NC(=O)COc1ccc(Br)cc1. The molecule has 1 aliphatic heterocycles. The Labute approximate surface area is 161 Å². The summed E-state index contributed by atoms with van der Waals surface area (Å²) in [5.74, 6) is -0.119. The van der Waals surface area contributed by atoms with Gasteiger partial charge in [-0.2, -0.15) is 0 Å². The van der Waals surface area contributed by atoms with Crippen molar-refractivity contribution in [3.63, 3.8) is 0 Å². The van der Waals surface area contributed by atoms with E-state index in [4.69, 9.17) is 4.74 Å². The van der Waals surface area contributed by atoms with Crippen LogP contribution in [0.5, 0.6) is 5.75 Å². The zero-order valence-electron chi connectivity index (χ0n) is 13.3. The Morgan fingerprint density at radius 1 is 1.20 bits per heavy atom. The molecule has 1 aliphatic rings. The van der Waals surface area contributed by atoms with Gasteiger partial charge in [-0.15, -0.1) is 0 Å². The number of rotatable bonds is 4. The number of nitrogens with zero attached hydrogens (tertiary/aromatic N) is 1. The molecule has 25 heavy (non-hydrogen) atoms. The smallest absolute Gasteiger partial charge is 0.276 e. The van der Waals surface area contributed by atoms with Crippen LogP contribution >= 0.6 is 31.9 Å². The van der Waals surface area contributed by atoms with E-state index < -0.39 is 5.91 Å². The number of hydrogen-bond donors (Lipinski definition) is 2. The van der Waals surface area contributed by atoms with Gasteiger partial charge in [0.05, 0.1) is 5.56 Å². The lowest BCUT2D eigenvalue weighted by molar-refractivity contribution is -0.127. The highest BCUT2D eigenvalue weighted by molar-refractivity contribution is 9.10. The number of hydrazine groups is 1. The van der Waals surface area contributed by atoms with E-state index in [-0.39, 0.29) is 18.7 Å². The number of carbonyl (C=O) groups excluding carboxylic acids is 2. The van der Waals surface area contributed by atoms with E-state index in [1.807, 2.05) is 24.3 Å². The second-order valence-electron chi connectivity index (χ2n) is 5.46. The average molecular weight is 469 g/mol.